The molecule has 0 aliphatic heterocycles. The summed E-state index contributed by atoms with van der Waals surface area (Å²) in [7, 11) is 0. The van der Waals surface area contributed by atoms with Gasteiger partial charge in [0, 0.05) is 0 Å². The lowest BCUT2D eigenvalue weighted by Crippen LogP contribution is -2.11. The first-order chi connectivity index (χ1) is 9.90. The molecule has 0 aromatic rings. The Morgan fingerprint density at radius 2 is 1.14 bits per heavy atom. The lowest BCUT2D eigenvalue weighted by molar-refractivity contribution is 0.287. The molecule has 0 heteroatoms. The van der Waals surface area contributed by atoms with Gasteiger partial charge < -0.3 is 0 Å². The van der Waals surface area contributed by atoms with Crippen molar-refractivity contribution in [1.82, 2.24) is 0 Å². The molecule has 0 radical (unpaired) electrons. The molecule has 0 amide bonds. The van der Waals surface area contributed by atoms with Crippen LogP contribution in [0.5, 0.6) is 0 Å². The van der Waals surface area contributed by atoms with Crippen LogP contribution in [-0.4, -0.2) is 0 Å². The molecule has 21 heavy (non-hydrogen) atoms. The van der Waals surface area contributed by atoms with Gasteiger partial charge in [0.25, 0.3) is 0 Å². The monoisotopic (exact) mass is 296 g/mol. The van der Waals surface area contributed by atoms with Crippen LogP contribution in [0, 0.1) is 29.6 Å². The van der Waals surface area contributed by atoms with Crippen LogP contribution in [0.3, 0.4) is 0 Å². The second kappa shape index (κ2) is 12.5. The van der Waals surface area contributed by atoms with Gasteiger partial charge in [-0.3, -0.25) is 0 Å². The third-order valence-corrected chi connectivity index (χ3v) is 5.50. The minimum absolute atomic E-state index is 0.860. The molecule has 0 aliphatic carbocycles. The van der Waals surface area contributed by atoms with E-state index in [4.69, 9.17) is 0 Å². The zero-order valence-corrected chi connectivity index (χ0v) is 16.3. The van der Waals surface area contributed by atoms with Gasteiger partial charge in [0.05, 0.1) is 0 Å². The Morgan fingerprint density at radius 3 is 1.62 bits per heavy atom. The van der Waals surface area contributed by atoms with E-state index < -0.39 is 0 Å². The molecule has 0 saturated heterocycles. The first-order valence-electron chi connectivity index (χ1n) is 9.90. The second-order valence-electron chi connectivity index (χ2n) is 8.26. The molecule has 0 aromatic carbocycles. The van der Waals surface area contributed by atoms with Crippen molar-refractivity contribution < 1.29 is 0 Å². The Labute approximate surface area is 136 Å². The zero-order chi connectivity index (χ0) is 16.3. The first kappa shape index (κ1) is 21.0. The van der Waals surface area contributed by atoms with E-state index in [0.29, 0.717) is 0 Å². The zero-order valence-electron chi connectivity index (χ0n) is 16.3. The van der Waals surface area contributed by atoms with Gasteiger partial charge in [-0.15, -0.1) is 0 Å². The van der Waals surface area contributed by atoms with Crippen molar-refractivity contribution >= 4 is 0 Å². The molecule has 128 valence electrons. The Hall–Kier alpha value is 0. The fourth-order valence-corrected chi connectivity index (χ4v) is 3.70. The summed E-state index contributed by atoms with van der Waals surface area (Å²) in [6.07, 6.45) is 12.8. The molecule has 4 atom stereocenters. The third-order valence-electron chi connectivity index (χ3n) is 5.50. The molecular formula is C21H44. The summed E-state index contributed by atoms with van der Waals surface area (Å²) in [5, 5.41) is 0. The van der Waals surface area contributed by atoms with Crippen LogP contribution >= 0.6 is 0 Å². The summed E-state index contributed by atoms with van der Waals surface area (Å²) in [5.41, 5.74) is 0. The highest BCUT2D eigenvalue weighted by Gasteiger charge is 2.15. The highest BCUT2D eigenvalue weighted by atomic mass is 14.2. The number of rotatable bonds is 13. The summed E-state index contributed by atoms with van der Waals surface area (Å²) >= 11 is 0. The van der Waals surface area contributed by atoms with E-state index in [-0.39, 0.29) is 0 Å². The van der Waals surface area contributed by atoms with Gasteiger partial charge in [-0.1, -0.05) is 93.4 Å². The molecule has 0 rings (SSSR count). The SMILES string of the molecule is CCCCC(C)CCC(C)CC(C)CCC(CC)C(C)C. The maximum atomic E-state index is 2.48. The van der Waals surface area contributed by atoms with E-state index in [0.717, 1.165) is 29.6 Å². The molecule has 0 aliphatic rings. The summed E-state index contributed by atoms with van der Waals surface area (Å²) in [6, 6.07) is 0. The van der Waals surface area contributed by atoms with Gasteiger partial charge >= 0.3 is 0 Å². The van der Waals surface area contributed by atoms with Gasteiger partial charge in [-0.05, 0) is 42.4 Å². The predicted octanol–water partition coefficient (Wildman–Crippen LogP) is 7.72. The lowest BCUT2D eigenvalue weighted by Gasteiger charge is -2.23. The first-order valence-corrected chi connectivity index (χ1v) is 9.90. The van der Waals surface area contributed by atoms with Crippen molar-refractivity contribution in [3.05, 3.63) is 0 Å². The van der Waals surface area contributed by atoms with Gasteiger partial charge in [0.1, 0.15) is 0 Å². The summed E-state index contributed by atoms with van der Waals surface area (Å²) in [5.74, 6) is 4.57. The summed E-state index contributed by atoms with van der Waals surface area (Å²) < 4.78 is 0. The fraction of sp³-hybridized carbons (Fsp3) is 1.00. The van der Waals surface area contributed by atoms with Gasteiger partial charge in [-0.2, -0.15) is 0 Å². The van der Waals surface area contributed by atoms with E-state index in [2.05, 4.69) is 48.5 Å². The molecule has 0 N–H and O–H groups in total. The van der Waals surface area contributed by atoms with Crippen LogP contribution in [0.1, 0.15) is 106 Å². The van der Waals surface area contributed by atoms with Gasteiger partial charge in [-0.25, -0.2) is 0 Å². The van der Waals surface area contributed by atoms with Crippen molar-refractivity contribution in [1.29, 1.82) is 0 Å². The third kappa shape index (κ3) is 11.2. The topological polar surface area (TPSA) is 0 Å². The van der Waals surface area contributed by atoms with Crippen molar-refractivity contribution in [3.8, 4) is 0 Å². The fourth-order valence-electron chi connectivity index (χ4n) is 3.70. The molecular weight excluding hydrogens is 252 g/mol. The van der Waals surface area contributed by atoms with E-state index in [1.54, 1.807) is 0 Å². The Balaban J connectivity index is 3.80. The maximum absolute atomic E-state index is 2.48. The van der Waals surface area contributed by atoms with Gasteiger partial charge in [0.15, 0.2) is 0 Å². The average Bonchev–Trinajstić information content (AvgIpc) is 2.43. The molecule has 0 aromatic heterocycles. The minimum atomic E-state index is 0.860. The summed E-state index contributed by atoms with van der Waals surface area (Å²) in [4.78, 5) is 0. The maximum Gasteiger partial charge on any atom is -0.0394 e. The van der Waals surface area contributed by atoms with Crippen molar-refractivity contribution in [2.75, 3.05) is 0 Å². The number of unbranched alkanes of at least 4 members (excludes halogenated alkanes) is 1. The van der Waals surface area contributed by atoms with Crippen LogP contribution in [0.15, 0.2) is 0 Å². The Bertz CT molecular complexity index is 218. The molecule has 0 spiro atoms. The Morgan fingerprint density at radius 1 is 0.619 bits per heavy atom. The predicted molar refractivity (Wildman–Crippen MR) is 98.7 cm³/mol. The molecule has 0 saturated carbocycles. The van der Waals surface area contributed by atoms with Crippen LogP contribution in [0.2, 0.25) is 0 Å². The second-order valence-corrected chi connectivity index (χ2v) is 8.26. The molecule has 0 heterocycles. The molecule has 0 nitrogen and oxygen atoms in total. The standard InChI is InChI=1S/C21H44/c1-8-10-11-18(5)12-13-19(6)16-20(7)14-15-21(9-2)17(3)4/h17-21H,8-16H2,1-7H3. The van der Waals surface area contributed by atoms with E-state index in [9.17, 15) is 0 Å². The normalized spacial score (nSPS) is 17.7. The highest BCUT2D eigenvalue weighted by Crippen LogP contribution is 2.27. The smallest absolute Gasteiger partial charge is 0.0394 e. The largest absolute Gasteiger partial charge is 0.0654 e. The van der Waals surface area contributed by atoms with Crippen LogP contribution in [0.25, 0.3) is 0 Å². The van der Waals surface area contributed by atoms with Crippen molar-refractivity contribution in [2.24, 2.45) is 29.6 Å². The lowest BCUT2D eigenvalue weighted by atomic mass is 9.83. The van der Waals surface area contributed by atoms with Gasteiger partial charge in [0.2, 0.25) is 0 Å². The summed E-state index contributed by atoms with van der Waals surface area (Å²) in [6.45, 7) is 16.8. The van der Waals surface area contributed by atoms with Crippen LogP contribution in [0.4, 0.5) is 0 Å². The van der Waals surface area contributed by atoms with E-state index in [1.807, 2.05) is 0 Å². The Kier molecular flexibility index (Phi) is 12.5. The van der Waals surface area contributed by atoms with E-state index >= 15 is 0 Å². The van der Waals surface area contributed by atoms with Crippen molar-refractivity contribution in [2.45, 2.75) is 106 Å². The quantitative estimate of drug-likeness (QED) is 0.326. The highest BCUT2D eigenvalue weighted by molar-refractivity contribution is 4.67. The number of hydrogen-bond acceptors (Lipinski definition) is 0. The molecule has 0 fully saturated rings. The van der Waals surface area contributed by atoms with Crippen molar-refractivity contribution in [3.63, 3.8) is 0 Å². The number of hydrogen-bond donors (Lipinski definition) is 0. The molecule has 4 unspecified atom stereocenters. The average molecular weight is 297 g/mol. The van der Waals surface area contributed by atoms with Crippen LogP contribution in [-0.2, 0) is 0 Å². The minimum Gasteiger partial charge on any atom is -0.0654 e. The molecule has 0 bridgehead atoms. The van der Waals surface area contributed by atoms with E-state index in [1.165, 1.54) is 57.8 Å². The van der Waals surface area contributed by atoms with Crippen LogP contribution < -0.4 is 0 Å².